The number of nitrogens with zero attached hydrogens (tertiary/aromatic N) is 1. The van der Waals surface area contributed by atoms with Crippen LogP contribution in [-0.2, 0) is 4.79 Å². The van der Waals surface area contributed by atoms with Gasteiger partial charge in [0.05, 0.1) is 6.54 Å². The minimum Gasteiger partial charge on any atom is -0.350 e. The van der Waals surface area contributed by atoms with Gasteiger partial charge in [0.15, 0.2) is 0 Å². The molecular formula is C12H25N3O. The van der Waals surface area contributed by atoms with Gasteiger partial charge in [-0.1, -0.05) is 6.92 Å². The lowest BCUT2D eigenvalue weighted by Gasteiger charge is -2.35. The van der Waals surface area contributed by atoms with Gasteiger partial charge in [-0.2, -0.15) is 0 Å². The van der Waals surface area contributed by atoms with E-state index >= 15 is 0 Å². The van der Waals surface area contributed by atoms with Crippen LogP contribution in [0.5, 0.6) is 0 Å². The molecule has 16 heavy (non-hydrogen) atoms. The topological polar surface area (TPSA) is 58.4 Å². The molecule has 1 aliphatic heterocycles. The van der Waals surface area contributed by atoms with Crippen LogP contribution in [0.25, 0.3) is 0 Å². The first-order chi connectivity index (χ1) is 7.28. The lowest BCUT2D eigenvalue weighted by molar-refractivity contribution is -0.124. The monoisotopic (exact) mass is 227 g/mol. The molecule has 94 valence electrons. The highest BCUT2D eigenvalue weighted by molar-refractivity contribution is 5.78. The molecule has 1 amide bonds. The third kappa shape index (κ3) is 4.49. The highest BCUT2D eigenvalue weighted by Crippen LogP contribution is 2.14. The minimum atomic E-state index is -0.144. The molecule has 1 fully saturated rings. The summed E-state index contributed by atoms with van der Waals surface area (Å²) in [7, 11) is 0. The smallest absolute Gasteiger partial charge is 0.234 e. The van der Waals surface area contributed by atoms with E-state index in [1.807, 2.05) is 20.8 Å². The van der Waals surface area contributed by atoms with Crippen LogP contribution in [0.15, 0.2) is 0 Å². The molecule has 1 heterocycles. The van der Waals surface area contributed by atoms with E-state index in [1.165, 1.54) is 0 Å². The lowest BCUT2D eigenvalue weighted by Crippen LogP contribution is -2.51. The van der Waals surface area contributed by atoms with Crippen molar-refractivity contribution in [3.63, 3.8) is 0 Å². The number of carbonyl (C=O) groups is 1. The number of piperidine rings is 1. The van der Waals surface area contributed by atoms with Crippen molar-refractivity contribution in [2.24, 2.45) is 11.7 Å². The van der Waals surface area contributed by atoms with Crippen LogP contribution < -0.4 is 11.1 Å². The van der Waals surface area contributed by atoms with Gasteiger partial charge in [0.1, 0.15) is 0 Å². The molecule has 0 aliphatic carbocycles. The second-order valence-electron chi connectivity index (χ2n) is 5.96. The van der Waals surface area contributed by atoms with Gasteiger partial charge >= 0.3 is 0 Å². The number of amides is 1. The predicted molar refractivity (Wildman–Crippen MR) is 66.1 cm³/mol. The quantitative estimate of drug-likeness (QED) is 0.725. The van der Waals surface area contributed by atoms with E-state index in [4.69, 9.17) is 5.73 Å². The zero-order valence-electron chi connectivity index (χ0n) is 10.9. The second kappa shape index (κ2) is 5.15. The third-order valence-electron chi connectivity index (χ3n) is 2.94. The summed E-state index contributed by atoms with van der Waals surface area (Å²) in [5, 5.41) is 2.98. The van der Waals surface area contributed by atoms with Gasteiger partial charge in [-0.15, -0.1) is 0 Å². The van der Waals surface area contributed by atoms with Crippen LogP contribution in [-0.4, -0.2) is 42.0 Å². The molecule has 0 bridgehead atoms. The molecule has 0 aromatic rings. The van der Waals surface area contributed by atoms with Crippen molar-refractivity contribution in [3.8, 4) is 0 Å². The maximum atomic E-state index is 11.7. The number of hydrogen-bond donors (Lipinski definition) is 2. The molecular weight excluding hydrogens is 202 g/mol. The van der Waals surface area contributed by atoms with Crippen LogP contribution in [0.3, 0.4) is 0 Å². The second-order valence-corrected chi connectivity index (χ2v) is 5.96. The fourth-order valence-electron chi connectivity index (χ4n) is 2.05. The number of carbonyl (C=O) groups excluding carboxylic acids is 1. The van der Waals surface area contributed by atoms with E-state index in [2.05, 4.69) is 17.1 Å². The summed E-state index contributed by atoms with van der Waals surface area (Å²) < 4.78 is 0. The summed E-state index contributed by atoms with van der Waals surface area (Å²) in [4.78, 5) is 13.9. The summed E-state index contributed by atoms with van der Waals surface area (Å²) in [6, 6.07) is 0.293. The molecule has 0 spiro atoms. The first-order valence-electron chi connectivity index (χ1n) is 6.07. The van der Waals surface area contributed by atoms with Crippen LogP contribution in [0.2, 0.25) is 0 Å². The van der Waals surface area contributed by atoms with Crippen molar-refractivity contribution in [2.45, 2.75) is 45.7 Å². The van der Waals surface area contributed by atoms with Crippen LogP contribution >= 0.6 is 0 Å². The Labute approximate surface area is 98.6 Å². The highest BCUT2D eigenvalue weighted by atomic mass is 16.2. The number of hydrogen-bond acceptors (Lipinski definition) is 3. The Morgan fingerprint density at radius 1 is 1.50 bits per heavy atom. The van der Waals surface area contributed by atoms with Gasteiger partial charge in [0, 0.05) is 24.7 Å². The van der Waals surface area contributed by atoms with Gasteiger partial charge in [0.25, 0.3) is 0 Å². The number of likely N-dealkylation sites (tertiary alicyclic amines) is 1. The molecule has 0 aromatic heterocycles. The molecule has 0 aromatic carbocycles. The molecule has 4 heteroatoms. The number of nitrogens with two attached hydrogens (primary N) is 1. The Morgan fingerprint density at radius 2 is 2.12 bits per heavy atom. The zero-order chi connectivity index (χ0) is 12.3. The van der Waals surface area contributed by atoms with Gasteiger partial charge < -0.3 is 11.1 Å². The Morgan fingerprint density at radius 3 is 2.62 bits per heavy atom. The van der Waals surface area contributed by atoms with E-state index in [9.17, 15) is 4.79 Å². The Kier molecular flexibility index (Phi) is 4.33. The van der Waals surface area contributed by atoms with E-state index in [0.717, 1.165) is 19.5 Å². The number of rotatable bonds is 2. The normalized spacial score (nSPS) is 27.8. The summed E-state index contributed by atoms with van der Waals surface area (Å²) in [5.41, 5.74) is 5.80. The zero-order valence-corrected chi connectivity index (χ0v) is 10.9. The van der Waals surface area contributed by atoms with E-state index in [-0.39, 0.29) is 11.4 Å². The molecule has 0 radical (unpaired) electrons. The predicted octanol–water partition coefficient (Wildman–Crippen LogP) is 0.570. The van der Waals surface area contributed by atoms with Crippen molar-refractivity contribution in [2.75, 3.05) is 19.6 Å². The minimum absolute atomic E-state index is 0.107. The average molecular weight is 227 g/mol. The molecule has 0 saturated carbocycles. The first kappa shape index (κ1) is 13.5. The molecule has 1 saturated heterocycles. The van der Waals surface area contributed by atoms with Crippen LogP contribution in [0.4, 0.5) is 0 Å². The number of nitrogens with one attached hydrogen (secondary N) is 1. The third-order valence-corrected chi connectivity index (χ3v) is 2.94. The molecule has 4 nitrogen and oxygen atoms in total. The standard InChI is InChI=1S/C12H25N3O/c1-9-7-15(6-5-10(9)13)8-11(16)14-12(2,3)4/h9-10H,5-8,13H2,1-4H3,(H,14,16). The van der Waals surface area contributed by atoms with Crippen molar-refractivity contribution >= 4 is 5.91 Å². The van der Waals surface area contributed by atoms with Crippen molar-refractivity contribution in [1.29, 1.82) is 0 Å². The maximum Gasteiger partial charge on any atom is 0.234 e. The Bertz CT molecular complexity index is 247. The van der Waals surface area contributed by atoms with Crippen molar-refractivity contribution < 1.29 is 4.79 Å². The first-order valence-corrected chi connectivity index (χ1v) is 6.07. The molecule has 2 unspecified atom stereocenters. The Balaban J connectivity index is 2.35. The fraction of sp³-hybridized carbons (Fsp3) is 0.917. The summed E-state index contributed by atoms with van der Waals surface area (Å²) in [5.74, 6) is 0.589. The van der Waals surface area contributed by atoms with Gasteiger partial charge in [-0.25, -0.2) is 0 Å². The molecule has 2 atom stereocenters. The summed E-state index contributed by atoms with van der Waals surface area (Å²) in [6.45, 7) is 10.5. The van der Waals surface area contributed by atoms with Gasteiger partial charge in [-0.05, 0) is 33.1 Å². The summed E-state index contributed by atoms with van der Waals surface area (Å²) in [6.07, 6.45) is 0.990. The molecule has 1 rings (SSSR count). The SMILES string of the molecule is CC1CN(CC(=O)NC(C)(C)C)CCC1N. The highest BCUT2D eigenvalue weighted by Gasteiger charge is 2.25. The van der Waals surface area contributed by atoms with Gasteiger partial charge in [0.2, 0.25) is 5.91 Å². The Hall–Kier alpha value is -0.610. The lowest BCUT2D eigenvalue weighted by atomic mass is 9.95. The molecule has 1 aliphatic rings. The van der Waals surface area contributed by atoms with Crippen molar-refractivity contribution in [3.05, 3.63) is 0 Å². The van der Waals surface area contributed by atoms with E-state index in [0.29, 0.717) is 18.5 Å². The van der Waals surface area contributed by atoms with E-state index < -0.39 is 0 Å². The summed E-state index contributed by atoms with van der Waals surface area (Å²) >= 11 is 0. The van der Waals surface area contributed by atoms with Crippen LogP contribution in [0.1, 0.15) is 34.1 Å². The maximum absolute atomic E-state index is 11.7. The van der Waals surface area contributed by atoms with Crippen molar-refractivity contribution in [1.82, 2.24) is 10.2 Å². The largest absolute Gasteiger partial charge is 0.350 e. The average Bonchev–Trinajstić information content (AvgIpc) is 2.08. The van der Waals surface area contributed by atoms with E-state index in [1.54, 1.807) is 0 Å². The van der Waals surface area contributed by atoms with Gasteiger partial charge in [-0.3, -0.25) is 9.69 Å². The molecule has 3 N–H and O–H groups in total. The fourth-order valence-corrected chi connectivity index (χ4v) is 2.05. The van der Waals surface area contributed by atoms with Crippen LogP contribution in [0, 0.1) is 5.92 Å².